The molecule has 7 nitrogen and oxygen atoms in total. The number of amides is 1. The molecule has 0 saturated carbocycles. The summed E-state index contributed by atoms with van der Waals surface area (Å²) in [6.45, 7) is 2.29. The highest BCUT2D eigenvalue weighted by Gasteiger charge is 2.41. The van der Waals surface area contributed by atoms with Crippen molar-refractivity contribution in [2.75, 3.05) is 31.6 Å². The molecule has 7 heteroatoms. The van der Waals surface area contributed by atoms with Gasteiger partial charge in [-0.1, -0.05) is 30.3 Å². The summed E-state index contributed by atoms with van der Waals surface area (Å²) in [5.74, 6) is 1.58. The number of ether oxygens (including phenoxy) is 1. The molecule has 29 heavy (non-hydrogen) atoms. The van der Waals surface area contributed by atoms with Crippen LogP contribution in [-0.4, -0.2) is 46.7 Å². The van der Waals surface area contributed by atoms with E-state index in [9.17, 15) is 4.79 Å². The molecular weight excluding hydrogens is 366 g/mol. The Bertz CT molecular complexity index is 921. The Morgan fingerprint density at radius 1 is 1.03 bits per heavy atom. The van der Waals surface area contributed by atoms with Crippen molar-refractivity contribution in [1.29, 1.82) is 0 Å². The summed E-state index contributed by atoms with van der Waals surface area (Å²) >= 11 is 0. The minimum atomic E-state index is -0.518. The van der Waals surface area contributed by atoms with Crippen molar-refractivity contribution in [3.05, 3.63) is 72.8 Å². The van der Waals surface area contributed by atoms with Gasteiger partial charge in [-0.2, -0.15) is 0 Å². The molecule has 0 aliphatic carbocycles. The van der Waals surface area contributed by atoms with Crippen molar-refractivity contribution in [3.8, 4) is 5.82 Å². The average Bonchev–Trinajstić information content (AvgIpc) is 3.33. The molecule has 0 radical (unpaired) electrons. The number of rotatable bonds is 7. The van der Waals surface area contributed by atoms with Crippen molar-refractivity contribution in [1.82, 2.24) is 19.9 Å². The maximum atomic E-state index is 13.1. The summed E-state index contributed by atoms with van der Waals surface area (Å²) in [6, 6.07) is 15.8. The topological polar surface area (TPSA) is 81.1 Å². The molecule has 2 aromatic heterocycles. The van der Waals surface area contributed by atoms with E-state index in [-0.39, 0.29) is 5.91 Å². The Balaban J connectivity index is 1.35. The lowest BCUT2D eigenvalue weighted by atomic mass is 9.73. The zero-order chi connectivity index (χ0) is 19.9. The summed E-state index contributed by atoms with van der Waals surface area (Å²) < 4.78 is 7.43. The van der Waals surface area contributed by atoms with Crippen LogP contribution in [0.4, 0.5) is 5.82 Å². The number of hydrogen-bond donors (Lipinski definition) is 2. The zero-order valence-electron chi connectivity index (χ0n) is 16.3. The fourth-order valence-corrected chi connectivity index (χ4v) is 3.73. The molecule has 0 spiro atoms. The number of carbonyl (C=O) groups is 1. The van der Waals surface area contributed by atoms with Crippen LogP contribution in [0.2, 0.25) is 0 Å². The van der Waals surface area contributed by atoms with Gasteiger partial charge in [0.05, 0.1) is 5.41 Å². The molecule has 1 aliphatic heterocycles. The van der Waals surface area contributed by atoms with E-state index in [0.717, 1.165) is 17.2 Å². The Labute approximate surface area is 170 Å². The maximum Gasteiger partial charge on any atom is 0.230 e. The van der Waals surface area contributed by atoms with E-state index < -0.39 is 5.41 Å². The lowest BCUT2D eigenvalue weighted by molar-refractivity contribution is -0.130. The first-order valence-corrected chi connectivity index (χ1v) is 9.89. The first kappa shape index (κ1) is 19.1. The van der Waals surface area contributed by atoms with E-state index in [2.05, 4.69) is 20.6 Å². The molecule has 1 fully saturated rings. The van der Waals surface area contributed by atoms with Gasteiger partial charge in [0, 0.05) is 44.8 Å². The van der Waals surface area contributed by atoms with Crippen LogP contribution in [0.25, 0.3) is 5.82 Å². The number of benzene rings is 1. The normalized spacial score (nSPS) is 15.6. The minimum Gasteiger partial charge on any atom is -0.381 e. The highest BCUT2D eigenvalue weighted by Crippen LogP contribution is 2.35. The van der Waals surface area contributed by atoms with Gasteiger partial charge in [-0.15, -0.1) is 0 Å². The van der Waals surface area contributed by atoms with Crippen molar-refractivity contribution in [3.63, 3.8) is 0 Å². The molecule has 1 aliphatic rings. The van der Waals surface area contributed by atoms with Crippen LogP contribution >= 0.6 is 0 Å². The molecule has 1 aromatic carbocycles. The van der Waals surface area contributed by atoms with E-state index in [1.807, 2.05) is 65.5 Å². The molecule has 150 valence electrons. The molecular formula is C22H25N5O2. The third-order valence-corrected chi connectivity index (χ3v) is 5.35. The quantitative estimate of drug-likeness (QED) is 0.605. The van der Waals surface area contributed by atoms with Crippen molar-refractivity contribution < 1.29 is 9.53 Å². The molecule has 3 heterocycles. The van der Waals surface area contributed by atoms with Crippen molar-refractivity contribution >= 4 is 11.7 Å². The van der Waals surface area contributed by atoms with E-state index >= 15 is 0 Å². The number of carbonyl (C=O) groups excluding carboxylic acids is 1. The van der Waals surface area contributed by atoms with Crippen LogP contribution in [0.1, 0.15) is 18.4 Å². The smallest absolute Gasteiger partial charge is 0.230 e. The summed E-state index contributed by atoms with van der Waals surface area (Å²) in [6.07, 6.45) is 6.79. The minimum absolute atomic E-state index is 0.0597. The standard InChI is InChI=1S/C22H25N5O2/c28-21(22(8-14-29-15-9-22)18-6-2-1-3-7-18)24-11-10-23-19-16-20(26-17-25-19)27-12-4-5-13-27/h1-7,12-13,16-17H,8-11,14-15H2,(H,24,28)(H,23,25,26). The third-order valence-electron chi connectivity index (χ3n) is 5.35. The first-order valence-electron chi connectivity index (χ1n) is 9.89. The summed E-state index contributed by atoms with van der Waals surface area (Å²) in [7, 11) is 0. The van der Waals surface area contributed by atoms with E-state index in [4.69, 9.17) is 4.74 Å². The van der Waals surface area contributed by atoms with Gasteiger partial charge in [-0.25, -0.2) is 9.97 Å². The van der Waals surface area contributed by atoms with E-state index in [1.54, 1.807) is 0 Å². The van der Waals surface area contributed by atoms with Crippen molar-refractivity contribution in [2.24, 2.45) is 0 Å². The molecule has 4 rings (SSSR count). The van der Waals surface area contributed by atoms with Crippen LogP contribution in [0.15, 0.2) is 67.3 Å². The van der Waals surface area contributed by atoms with Crippen LogP contribution in [-0.2, 0) is 14.9 Å². The van der Waals surface area contributed by atoms with E-state index in [1.165, 1.54) is 6.33 Å². The van der Waals surface area contributed by atoms with Gasteiger partial charge < -0.3 is 19.9 Å². The average molecular weight is 391 g/mol. The molecule has 1 saturated heterocycles. The summed E-state index contributed by atoms with van der Waals surface area (Å²) in [4.78, 5) is 21.6. The Morgan fingerprint density at radius 2 is 1.79 bits per heavy atom. The SMILES string of the molecule is O=C(NCCNc1cc(-n2cccc2)ncn1)C1(c2ccccc2)CCOCC1. The lowest BCUT2D eigenvalue weighted by Crippen LogP contribution is -2.49. The second-order valence-corrected chi connectivity index (χ2v) is 7.09. The van der Waals surface area contributed by atoms with Crippen LogP contribution < -0.4 is 10.6 Å². The summed E-state index contributed by atoms with van der Waals surface area (Å²) in [5.41, 5.74) is 0.539. The van der Waals surface area contributed by atoms with E-state index in [0.29, 0.717) is 39.1 Å². The predicted octanol–water partition coefficient (Wildman–Crippen LogP) is 2.54. The molecule has 2 N–H and O–H groups in total. The number of nitrogens with zero attached hydrogens (tertiary/aromatic N) is 3. The van der Waals surface area contributed by atoms with Gasteiger partial charge in [0.15, 0.2) is 0 Å². The molecule has 0 atom stereocenters. The molecule has 0 bridgehead atoms. The van der Waals surface area contributed by atoms with Crippen molar-refractivity contribution in [2.45, 2.75) is 18.3 Å². The highest BCUT2D eigenvalue weighted by molar-refractivity contribution is 5.88. The number of anilines is 1. The van der Waals surface area contributed by atoms with Gasteiger partial charge in [0.25, 0.3) is 0 Å². The molecule has 1 amide bonds. The Kier molecular flexibility index (Phi) is 5.86. The largest absolute Gasteiger partial charge is 0.381 e. The molecule has 0 unspecified atom stereocenters. The van der Waals surface area contributed by atoms with Gasteiger partial charge in [0.2, 0.25) is 5.91 Å². The zero-order valence-corrected chi connectivity index (χ0v) is 16.3. The van der Waals surface area contributed by atoms with Gasteiger partial charge in [-0.3, -0.25) is 4.79 Å². The molecule has 3 aromatic rings. The fraction of sp³-hybridized carbons (Fsp3) is 0.318. The third kappa shape index (κ3) is 4.30. The Hall–Kier alpha value is -3.19. The monoisotopic (exact) mass is 391 g/mol. The second kappa shape index (κ2) is 8.87. The van der Waals surface area contributed by atoms with Crippen LogP contribution in [0, 0.1) is 0 Å². The fourth-order valence-electron chi connectivity index (χ4n) is 3.73. The highest BCUT2D eigenvalue weighted by atomic mass is 16.5. The van der Waals surface area contributed by atoms with Gasteiger partial charge in [0.1, 0.15) is 18.0 Å². The van der Waals surface area contributed by atoms with Gasteiger partial charge in [-0.05, 0) is 30.5 Å². The number of nitrogens with one attached hydrogen (secondary N) is 2. The van der Waals surface area contributed by atoms with Gasteiger partial charge >= 0.3 is 0 Å². The summed E-state index contributed by atoms with van der Waals surface area (Å²) in [5, 5.41) is 6.35. The van der Waals surface area contributed by atoms with Crippen LogP contribution in [0.3, 0.4) is 0 Å². The predicted molar refractivity (Wildman–Crippen MR) is 111 cm³/mol. The van der Waals surface area contributed by atoms with Crippen LogP contribution in [0.5, 0.6) is 0 Å². The Morgan fingerprint density at radius 3 is 2.55 bits per heavy atom. The number of aromatic nitrogens is 3. The second-order valence-electron chi connectivity index (χ2n) is 7.09. The first-order chi connectivity index (χ1) is 14.3. The maximum absolute atomic E-state index is 13.1. The number of hydrogen-bond acceptors (Lipinski definition) is 5. The lowest BCUT2D eigenvalue weighted by Gasteiger charge is -2.36.